The molecular formula is C17H15ClN4OS. The lowest BCUT2D eigenvalue weighted by Gasteiger charge is -2.12. The van der Waals surface area contributed by atoms with Crippen molar-refractivity contribution in [3.63, 3.8) is 0 Å². The minimum atomic E-state index is -0.408. The zero-order valence-corrected chi connectivity index (χ0v) is 14.5. The van der Waals surface area contributed by atoms with Crippen molar-refractivity contribution in [1.82, 2.24) is 14.8 Å². The van der Waals surface area contributed by atoms with E-state index in [4.69, 9.17) is 17.3 Å². The molecule has 24 heavy (non-hydrogen) atoms. The number of carbonyl (C=O) groups is 1. The van der Waals surface area contributed by atoms with Crippen molar-refractivity contribution in [2.24, 2.45) is 5.73 Å². The second kappa shape index (κ2) is 7.07. The van der Waals surface area contributed by atoms with Gasteiger partial charge in [0.1, 0.15) is 0 Å². The lowest BCUT2D eigenvalue weighted by atomic mass is 10.2. The molecule has 0 aliphatic carbocycles. The first kappa shape index (κ1) is 16.5. The number of carbonyl (C=O) groups excluding carboxylic acids is 1. The van der Waals surface area contributed by atoms with Crippen LogP contribution in [-0.4, -0.2) is 25.9 Å². The Hall–Kier alpha value is -2.31. The van der Waals surface area contributed by atoms with Crippen LogP contribution in [0, 0.1) is 0 Å². The van der Waals surface area contributed by atoms with E-state index in [2.05, 4.69) is 10.2 Å². The van der Waals surface area contributed by atoms with Crippen molar-refractivity contribution < 1.29 is 4.79 Å². The number of rotatable bonds is 5. The van der Waals surface area contributed by atoms with Crippen LogP contribution in [0.3, 0.4) is 0 Å². The first-order valence-electron chi connectivity index (χ1n) is 7.29. The van der Waals surface area contributed by atoms with Gasteiger partial charge in [0, 0.05) is 16.3 Å². The smallest absolute Gasteiger partial charge is 0.230 e. The second-order valence-corrected chi connectivity index (χ2v) is 6.89. The predicted molar refractivity (Wildman–Crippen MR) is 96.3 cm³/mol. The van der Waals surface area contributed by atoms with Gasteiger partial charge in [0.25, 0.3) is 0 Å². The van der Waals surface area contributed by atoms with E-state index in [1.54, 1.807) is 19.1 Å². The van der Waals surface area contributed by atoms with Gasteiger partial charge in [-0.25, -0.2) is 0 Å². The van der Waals surface area contributed by atoms with Crippen LogP contribution in [0.5, 0.6) is 0 Å². The Balaban J connectivity index is 2.11. The van der Waals surface area contributed by atoms with E-state index in [1.165, 1.54) is 11.8 Å². The van der Waals surface area contributed by atoms with Crippen LogP contribution in [-0.2, 0) is 4.79 Å². The maximum absolute atomic E-state index is 11.4. The number of hydrogen-bond acceptors (Lipinski definition) is 4. The third kappa shape index (κ3) is 3.44. The Morgan fingerprint density at radius 1 is 1.12 bits per heavy atom. The Morgan fingerprint density at radius 3 is 2.42 bits per heavy atom. The van der Waals surface area contributed by atoms with Gasteiger partial charge >= 0.3 is 0 Å². The maximum Gasteiger partial charge on any atom is 0.230 e. The van der Waals surface area contributed by atoms with Crippen molar-refractivity contribution in [3.05, 3.63) is 59.6 Å². The first-order valence-corrected chi connectivity index (χ1v) is 8.55. The summed E-state index contributed by atoms with van der Waals surface area (Å²) in [5.74, 6) is 0.285. The molecule has 1 aromatic heterocycles. The summed E-state index contributed by atoms with van der Waals surface area (Å²) >= 11 is 7.25. The number of aromatic nitrogens is 3. The summed E-state index contributed by atoms with van der Waals surface area (Å²) in [4.78, 5) is 11.4. The zero-order valence-electron chi connectivity index (χ0n) is 12.9. The molecule has 0 spiro atoms. The van der Waals surface area contributed by atoms with E-state index in [9.17, 15) is 4.79 Å². The number of primary amides is 1. The van der Waals surface area contributed by atoms with Crippen molar-refractivity contribution in [2.75, 3.05) is 0 Å². The van der Waals surface area contributed by atoms with Crippen LogP contribution >= 0.6 is 23.4 Å². The standard InChI is InChI=1S/C17H15ClN4OS/c1-11(15(19)23)24-17-21-20-16(12-7-9-13(18)10-8-12)22(17)14-5-3-2-4-6-14/h2-11H,1H3,(H2,19,23)/t11-/m0/s1. The topological polar surface area (TPSA) is 73.8 Å². The summed E-state index contributed by atoms with van der Waals surface area (Å²) in [5.41, 5.74) is 7.17. The molecule has 0 bridgehead atoms. The quantitative estimate of drug-likeness (QED) is 0.708. The molecular weight excluding hydrogens is 344 g/mol. The minimum Gasteiger partial charge on any atom is -0.369 e. The number of halogens is 1. The van der Waals surface area contributed by atoms with Gasteiger partial charge in [0.15, 0.2) is 11.0 Å². The molecule has 5 nitrogen and oxygen atoms in total. The fourth-order valence-electron chi connectivity index (χ4n) is 2.16. The number of para-hydroxylation sites is 1. The molecule has 2 N–H and O–H groups in total. The molecule has 0 saturated carbocycles. The first-order chi connectivity index (χ1) is 11.6. The maximum atomic E-state index is 11.4. The summed E-state index contributed by atoms with van der Waals surface area (Å²) in [5, 5.41) is 9.41. The molecule has 0 aliphatic rings. The van der Waals surface area contributed by atoms with Crippen LogP contribution in [0.4, 0.5) is 0 Å². The Labute approximate surface area is 148 Å². The van der Waals surface area contributed by atoms with E-state index < -0.39 is 11.2 Å². The number of nitrogens with zero attached hydrogens (tertiary/aromatic N) is 3. The van der Waals surface area contributed by atoms with Gasteiger partial charge in [0.2, 0.25) is 5.91 Å². The number of benzene rings is 2. The minimum absolute atomic E-state index is 0.393. The van der Waals surface area contributed by atoms with Gasteiger partial charge in [-0.2, -0.15) is 0 Å². The van der Waals surface area contributed by atoms with Gasteiger partial charge in [-0.1, -0.05) is 41.6 Å². The third-order valence-electron chi connectivity index (χ3n) is 3.43. The highest BCUT2D eigenvalue weighted by Gasteiger charge is 2.20. The van der Waals surface area contributed by atoms with Crippen LogP contribution in [0.1, 0.15) is 6.92 Å². The number of nitrogens with two attached hydrogens (primary N) is 1. The number of amides is 1. The van der Waals surface area contributed by atoms with Gasteiger partial charge in [-0.05, 0) is 43.3 Å². The van der Waals surface area contributed by atoms with Crippen LogP contribution in [0.2, 0.25) is 5.02 Å². The monoisotopic (exact) mass is 358 g/mol. The van der Waals surface area contributed by atoms with Gasteiger partial charge < -0.3 is 5.73 Å². The molecule has 122 valence electrons. The van der Waals surface area contributed by atoms with Gasteiger partial charge in [0.05, 0.1) is 5.25 Å². The highest BCUT2D eigenvalue weighted by Crippen LogP contribution is 2.30. The molecule has 1 atom stereocenters. The summed E-state index contributed by atoms with van der Waals surface area (Å²) < 4.78 is 1.91. The van der Waals surface area contributed by atoms with Crippen molar-refractivity contribution >= 4 is 29.3 Å². The van der Waals surface area contributed by atoms with Crippen LogP contribution < -0.4 is 5.73 Å². The molecule has 2 aromatic carbocycles. The molecule has 7 heteroatoms. The third-order valence-corrected chi connectivity index (χ3v) is 4.75. The summed E-state index contributed by atoms with van der Waals surface area (Å²) in [7, 11) is 0. The fraction of sp³-hybridized carbons (Fsp3) is 0.118. The number of thioether (sulfide) groups is 1. The molecule has 0 fully saturated rings. The van der Waals surface area contributed by atoms with Crippen LogP contribution in [0.25, 0.3) is 17.1 Å². The number of hydrogen-bond donors (Lipinski definition) is 1. The Kier molecular flexibility index (Phi) is 4.87. The molecule has 1 amide bonds. The normalized spacial score (nSPS) is 12.1. The van der Waals surface area contributed by atoms with Crippen molar-refractivity contribution in [2.45, 2.75) is 17.3 Å². The average molecular weight is 359 g/mol. The molecule has 0 aliphatic heterocycles. The second-order valence-electron chi connectivity index (χ2n) is 5.15. The van der Waals surface area contributed by atoms with Gasteiger partial charge in [-0.3, -0.25) is 9.36 Å². The average Bonchev–Trinajstić information content (AvgIpc) is 2.99. The largest absolute Gasteiger partial charge is 0.369 e. The molecule has 0 saturated heterocycles. The van der Waals surface area contributed by atoms with Crippen molar-refractivity contribution in [3.8, 4) is 17.1 Å². The fourth-order valence-corrected chi connectivity index (χ4v) is 3.10. The van der Waals surface area contributed by atoms with E-state index in [0.29, 0.717) is 16.0 Å². The molecule has 1 heterocycles. The summed E-state index contributed by atoms with van der Waals surface area (Å²) in [6.45, 7) is 1.75. The Bertz CT molecular complexity index is 849. The van der Waals surface area contributed by atoms with E-state index in [0.717, 1.165) is 11.3 Å². The zero-order chi connectivity index (χ0) is 17.1. The SMILES string of the molecule is C[C@H](Sc1nnc(-c2ccc(Cl)cc2)n1-c1ccccc1)C(N)=O. The van der Waals surface area contributed by atoms with Crippen molar-refractivity contribution in [1.29, 1.82) is 0 Å². The lowest BCUT2D eigenvalue weighted by molar-refractivity contribution is -0.117. The highest BCUT2D eigenvalue weighted by molar-refractivity contribution is 8.00. The summed E-state index contributed by atoms with van der Waals surface area (Å²) in [6, 6.07) is 17.1. The van der Waals surface area contributed by atoms with Gasteiger partial charge in [-0.15, -0.1) is 10.2 Å². The predicted octanol–water partition coefficient (Wildman–Crippen LogP) is 3.55. The van der Waals surface area contributed by atoms with E-state index in [1.807, 2.05) is 47.0 Å². The molecule has 0 unspecified atom stereocenters. The molecule has 3 rings (SSSR count). The van der Waals surface area contributed by atoms with E-state index in [-0.39, 0.29) is 0 Å². The van der Waals surface area contributed by atoms with E-state index >= 15 is 0 Å². The Morgan fingerprint density at radius 2 is 1.79 bits per heavy atom. The lowest BCUT2D eigenvalue weighted by Crippen LogP contribution is -2.23. The summed E-state index contributed by atoms with van der Waals surface area (Å²) in [6.07, 6.45) is 0. The van der Waals surface area contributed by atoms with Crippen LogP contribution in [0.15, 0.2) is 59.8 Å². The molecule has 3 aromatic rings. The molecule has 0 radical (unpaired) electrons. The highest BCUT2D eigenvalue weighted by atomic mass is 35.5.